The number of aryl methyl sites for hydroxylation is 2. The molecule has 1 N–H and O–H groups in total. The summed E-state index contributed by atoms with van der Waals surface area (Å²) in [6, 6.07) is 3.92. The second kappa shape index (κ2) is 4.67. The lowest BCUT2D eigenvalue weighted by Gasteiger charge is -2.12. The summed E-state index contributed by atoms with van der Waals surface area (Å²) in [6.45, 7) is 5.79. The zero-order valence-electron chi connectivity index (χ0n) is 9.17. The van der Waals surface area contributed by atoms with E-state index in [-0.39, 0.29) is 12.3 Å². The molecule has 0 aromatic heterocycles. The van der Waals surface area contributed by atoms with Gasteiger partial charge in [-0.15, -0.1) is 0 Å². The van der Waals surface area contributed by atoms with Crippen molar-refractivity contribution in [3.63, 3.8) is 0 Å². The van der Waals surface area contributed by atoms with Crippen LogP contribution in [0.25, 0.3) is 0 Å². The summed E-state index contributed by atoms with van der Waals surface area (Å²) in [5.41, 5.74) is 3.05. The van der Waals surface area contributed by atoms with Crippen LogP contribution in [0.15, 0.2) is 12.1 Å². The van der Waals surface area contributed by atoms with Gasteiger partial charge in [-0.05, 0) is 36.5 Å². The van der Waals surface area contributed by atoms with Gasteiger partial charge in [0.05, 0.1) is 6.42 Å². The predicted octanol–water partition coefficient (Wildman–Crippen LogP) is 3.54. The lowest BCUT2D eigenvalue weighted by Crippen LogP contribution is -2.03. The van der Waals surface area contributed by atoms with E-state index in [0.29, 0.717) is 0 Å². The molecule has 15 heavy (non-hydrogen) atoms. The molecule has 1 atom stereocenters. The van der Waals surface area contributed by atoms with Gasteiger partial charge in [-0.25, -0.2) is 0 Å². The second-order valence-electron chi connectivity index (χ2n) is 3.97. The highest BCUT2D eigenvalue weighted by Gasteiger charge is 2.12. The Bertz CT molecular complexity index is 362. The first-order chi connectivity index (χ1) is 6.91. The maximum atomic E-state index is 10.6. The summed E-state index contributed by atoms with van der Waals surface area (Å²) in [7, 11) is 0. The van der Waals surface area contributed by atoms with Crippen molar-refractivity contribution in [3.05, 3.63) is 33.8 Å². The Labute approximate surface area is 94.9 Å². The van der Waals surface area contributed by atoms with Crippen molar-refractivity contribution in [2.45, 2.75) is 33.1 Å². The van der Waals surface area contributed by atoms with Crippen molar-refractivity contribution >= 4 is 17.6 Å². The number of carboxylic acid groups (broad SMARTS) is 1. The summed E-state index contributed by atoms with van der Waals surface area (Å²) in [5, 5.41) is 9.48. The molecule has 0 fully saturated rings. The lowest BCUT2D eigenvalue weighted by atomic mass is 9.94. The number of halogens is 1. The Balaban J connectivity index is 3.00. The van der Waals surface area contributed by atoms with Crippen molar-refractivity contribution in [2.24, 2.45) is 0 Å². The number of rotatable bonds is 3. The van der Waals surface area contributed by atoms with E-state index in [0.717, 1.165) is 21.7 Å². The van der Waals surface area contributed by atoms with Gasteiger partial charge in [-0.2, -0.15) is 0 Å². The zero-order valence-corrected chi connectivity index (χ0v) is 9.93. The van der Waals surface area contributed by atoms with Gasteiger partial charge in [0.15, 0.2) is 0 Å². The molecule has 0 amide bonds. The third-order valence-corrected chi connectivity index (χ3v) is 3.10. The highest BCUT2D eigenvalue weighted by Crippen LogP contribution is 2.27. The van der Waals surface area contributed by atoms with Crippen molar-refractivity contribution in [3.8, 4) is 0 Å². The molecule has 1 unspecified atom stereocenters. The SMILES string of the molecule is Cc1cc(C(C)CC(=O)O)cc(C)c1Cl. The molecule has 0 spiro atoms. The third kappa shape index (κ3) is 2.96. The number of hydrogen-bond donors (Lipinski definition) is 1. The molecule has 82 valence electrons. The van der Waals surface area contributed by atoms with Crippen molar-refractivity contribution < 1.29 is 9.90 Å². The minimum atomic E-state index is -0.771. The molecule has 1 aromatic rings. The maximum Gasteiger partial charge on any atom is 0.303 e. The minimum absolute atomic E-state index is 0.0252. The zero-order chi connectivity index (χ0) is 11.6. The van der Waals surface area contributed by atoms with Gasteiger partial charge in [0.2, 0.25) is 0 Å². The summed E-state index contributed by atoms with van der Waals surface area (Å²) < 4.78 is 0. The van der Waals surface area contributed by atoms with Gasteiger partial charge in [-0.3, -0.25) is 4.79 Å². The van der Waals surface area contributed by atoms with Gasteiger partial charge in [0.25, 0.3) is 0 Å². The Morgan fingerprint density at radius 3 is 2.27 bits per heavy atom. The molecule has 0 aliphatic rings. The van der Waals surface area contributed by atoms with Gasteiger partial charge in [0, 0.05) is 5.02 Å². The van der Waals surface area contributed by atoms with Gasteiger partial charge < -0.3 is 5.11 Å². The van der Waals surface area contributed by atoms with Gasteiger partial charge in [0.1, 0.15) is 0 Å². The molecule has 2 nitrogen and oxygen atoms in total. The van der Waals surface area contributed by atoms with E-state index >= 15 is 0 Å². The molecular weight excluding hydrogens is 212 g/mol. The molecule has 0 saturated heterocycles. The van der Waals surface area contributed by atoms with Crippen LogP contribution < -0.4 is 0 Å². The Morgan fingerprint density at radius 1 is 1.40 bits per heavy atom. The number of hydrogen-bond acceptors (Lipinski definition) is 1. The van der Waals surface area contributed by atoms with E-state index in [9.17, 15) is 4.79 Å². The Hall–Kier alpha value is -1.02. The summed E-state index contributed by atoms with van der Waals surface area (Å²) in [4.78, 5) is 10.6. The fraction of sp³-hybridized carbons (Fsp3) is 0.417. The van der Waals surface area contributed by atoms with E-state index in [1.807, 2.05) is 32.9 Å². The first-order valence-corrected chi connectivity index (χ1v) is 5.28. The van der Waals surface area contributed by atoms with E-state index in [2.05, 4.69) is 0 Å². The van der Waals surface area contributed by atoms with Crippen LogP contribution >= 0.6 is 11.6 Å². The summed E-state index contributed by atoms with van der Waals surface area (Å²) in [5.74, 6) is -0.745. The average molecular weight is 227 g/mol. The lowest BCUT2D eigenvalue weighted by molar-refractivity contribution is -0.137. The predicted molar refractivity (Wildman–Crippen MR) is 61.6 cm³/mol. The van der Waals surface area contributed by atoms with Crippen LogP contribution in [0.3, 0.4) is 0 Å². The molecule has 0 aliphatic carbocycles. The smallest absolute Gasteiger partial charge is 0.303 e. The normalized spacial score (nSPS) is 12.5. The molecule has 0 aliphatic heterocycles. The average Bonchev–Trinajstić information content (AvgIpc) is 2.12. The molecule has 0 radical (unpaired) electrons. The maximum absolute atomic E-state index is 10.6. The Kier molecular flexibility index (Phi) is 3.75. The van der Waals surface area contributed by atoms with E-state index in [1.165, 1.54) is 0 Å². The van der Waals surface area contributed by atoms with Crippen LogP contribution in [0.1, 0.15) is 36.0 Å². The fourth-order valence-electron chi connectivity index (χ4n) is 1.64. The van der Waals surface area contributed by atoms with Crippen molar-refractivity contribution in [1.82, 2.24) is 0 Å². The van der Waals surface area contributed by atoms with Crippen LogP contribution in [0.2, 0.25) is 5.02 Å². The van der Waals surface area contributed by atoms with E-state index in [4.69, 9.17) is 16.7 Å². The van der Waals surface area contributed by atoms with Crippen molar-refractivity contribution in [2.75, 3.05) is 0 Å². The molecule has 1 aromatic carbocycles. The van der Waals surface area contributed by atoms with Crippen LogP contribution in [0, 0.1) is 13.8 Å². The summed E-state index contributed by atoms with van der Waals surface area (Å²) in [6.07, 6.45) is 0.153. The topological polar surface area (TPSA) is 37.3 Å². The monoisotopic (exact) mass is 226 g/mol. The van der Waals surface area contributed by atoms with Gasteiger partial charge >= 0.3 is 5.97 Å². The molecule has 0 bridgehead atoms. The molecule has 3 heteroatoms. The first-order valence-electron chi connectivity index (χ1n) is 4.90. The minimum Gasteiger partial charge on any atom is -0.481 e. The number of carboxylic acids is 1. The van der Waals surface area contributed by atoms with Crippen molar-refractivity contribution in [1.29, 1.82) is 0 Å². The standard InChI is InChI=1S/C12H15ClO2/c1-7(6-11(14)15)10-4-8(2)12(13)9(3)5-10/h4-5,7H,6H2,1-3H3,(H,14,15). The highest BCUT2D eigenvalue weighted by atomic mass is 35.5. The first kappa shape index (κ1) is 12.1. The van der Waals surface area contributed by atoms with Crippen LogP contribution in [-0.4, -0.2) is 11.1 Å². The Morgan fingerprint density at radius 2 is 1.87 bits per heavy atom. The van der Waals surface area contributed by atoms with E-state index < -0.39 is 5.97 Å². The quantitative estimate of drug-likeness (QED) is 0.856. The summed E-state index contributed by atoms with van der Waals surface area (Å²) >= 11 is 6.04. The molecular formula is C12H15ClO2. The molecule has 0 saturated carbocycles. The van der Waals surface area contributed by atoms with E-state index in [1.54, 1.807) is 0 Å². The largest absolute Gasteiger partial charge is 0.481 e. The number of carbonyl (C=O) groups is 1. The second-order valence-corrected chi connectivity index (χ2v) is 4.35. The van der Waals surface area contributed by atoms with Crippen LogP contribution in [-0.2, 0) is 4.79 Å². The van der Waals surface area contributed by atoms with Crippen LogP contribution in [0.4, 0.5) is 0 Å². The third-order valence-electron chi connectivity index (χ3n) is 2.51. The molecule has 0 heterocycles. The highest BCUT2D eigenvalue weighted by molar-refractivity contribution is 6.32. The van der Waals surface area contributed by atoms with Crippen LogP contribution in [0.5, 0.6) is 0 Å². The fourth-order valence-corrected chi connectivity index (χ4v) is 1.75. The number of benzene rings is 1. The number of aliphatic carboxylic acids is 1. The molecule has 1 rings (SSSR count). The van der Waals surface area contributed by atoms with Gasteiger partial charge in [-0.1, -0.05) is 30.7 Å².